The highest BCUT2D eigenvalue weighted by atomic mass is 32.2. The number of nitro benzene ring substituents is 1. The van der Waals surface area contributed by atoms with E-state index < -0.39 is 20.4 Å². The molecule has 0 atom stereocenters. The molecule has 1 heterocycles. The highest BCUT2D eigenvalue weighted by Crippen LogP contribution is 2.32. The molecule has 0 aliphatic carbocycles. The van der Waals surface area contributed by atoms with Crippen molar-refractivity contribution in [3.8, 4) is 0 Å². The molecule has 0 aliphatic heterocycles. The molecule has 0 aliphatic rings. The van der Waals surface area contributed by atoms with Crippen molar-refractivity contribution in [1.29, 1.82) is 0 Å². The van der Waals surface area contributed by atoms with Gasteiger partial charge in [0.25, 0.3) is 0 Å². The first-order valence-corrected chi connectivity index (χ1v) is 10.9. The van der Waals surface area contributed by atoms with Crippen LogP contribution in [0.5, 0.6) is 0 Å². The van der Waals surface area contributed by atoms with E-state index in [0.29, 0.717) is 13.1 Å². The van der Waals surface area contributed by atoms with Gasteiger partial charge < -0.3 is 5.32 Å². The zero-order valence-corrected chi connectivity index (χ0v) is 17.2. The van der Waals surface area contributed by atoms with E-state index in [9.17, 15) is 18.5 Å². The van der Waals surface area contributed by atoms with E-state index in [1.54, 1.807) is 0 Å². The lowest BCUT2D eigenvalue weighted by Gasteiger charge is -2.10. The SMILES string of the molecule is Cc1nn(Cc2ccccc2)c(C)c1CNc1cccc(S(C)(=O)=O)c1[N+](=O)[O-]. The number of aryl methyl sites for hydroxylation is 1. The minimum absolute atomic E-state index is 0.160. The number of aromatic nitrogens is 2. The summed E-state index contributed by atoms with van der Waals surface area (Å²) in [7, 11) is -3.73. The van der Waals surface area contributed by atoms with Gasteiger partial charge in [-0.05, 0) is 31.5 Å². The minimum atomic E-state index is -3.73. The van der Waals surface area contributed by atoms with Crippen LogP contribution in [0.1, 0.15) is 22.5 Å². The van der Waals surface area contributed by atoms with Crippen molar-refractivity contribution in [3.63, 3.8) is 0 Å². The number of para-hydroxylation sites is 1. The third-order valence-corrected chi connectivity index (χ3v) is 5.87. The maximum absolute atomic E-state index is 11.9. The number of nitrogens with zero attached hydrogens (tertiary/aromatic N) is 3. The Hall–Kier alpha value is -3.20. The Morgan fingerprint density at radius 2 is 1.79 bits per heavy atom. The summed E-state index contributed by atoms with van der Waals surface area (Å²) in [5, 5.41) is 19.1. The van der Waals surface area contributed by atoms with Crippen LogP contribution in [0.25, 0.3) is 0 Å². The van der Waals surface area contributed by atoms with Crippen LogP contribution < -0.4 is 5.32 Å². The predicted octanol–water partition coefficient (Wildman–Crippen LogP) is 3.47. The van der Waals surface area contributed by atoms with Gasteiger partial charge in [-0.2, -0.15) is 5.10 Å². The molecule has 29 heavy (non-hydrogen) atoms. The first-order chi connectivity index (χ1) is 13.7. The van der Waals surface area contributed by atoms with Crippen molar-refractivity contribution < 1.29 is 13.3 Å². The average molecular weight is 414 g/mol. The van der Waals surface area contributed by atoms with Gasteiger partial charge in [-0.1, -0.05) is 36.4 Å². The molecule has 0 saturated heterocycles. The second-order valence-corrected chi connectivity index (χ2v) is 8.81. The third-order valence-electron chi connectivity index (χ3n) is 4.74. The Morgan fingerprint density at radius 1 is 1.10 bits per heavy atom. The molecular formula is C20H22N4O4S. The van der Waals surface area contributed by atoms with Gasteiger partial charge in [0.15, 0.2) is 9.84 Å². The summed E-state index contributed by atoms with van der Waals surface area (Å²) in [4.78, 5) is 10.6. The third kappa shape index (κ3) is 4.45. The largest absolute Gasteiger partial charge is 0.375 e. The Labute approximate surface area is 169 Å². The first-order valence-electron chi connectivity index (χ1n) is 8.96. The lowest BCUT2D eigenvalue weighted by molar-refractivity contribution is -0.386. The molecule has 1 aromatic heterocycles. The smallest absolute Gasteiger partial charge is 0.310 e. The van der Waals surface area contributed by atoms with E-state index >= 15 is 0 Å². The summed E-state index contributed by atoms with van der Waals surface area (Å²) in [6.07, 6.45) is 0.959. The molecule has 0 fully saturated rings. The summed E-state index contributed by atoms with van der Waals surface area (Å²) in [6.45, 7) is 4.74. The number of anilines is 1. The molecule has 3 rings (SSSR count). The molecule has 0 radical (unpaired) electrons. The van der Waals surface area contributed by atoms with E-state index in [1.165, 1.54) is 18.2 Å². The number of nitrogens with one attached hydrogen (secondary N) is 1. The standard InChI is InChI=1S/C20H22N4O4S/c1-14-17(15(2)23(22-14)13-16-8-5-4-6-9-16)12-21-18-10-7-11-19(29(3,27)28)20(18)24(25)26/h4-11,21H,12-13H2,1-3H3. The number of nitro groups is 1. The van der Waals surface area contributed by atoms with Crippen LogP contribution >= 0.6 is 0 Å². The monoisotopic (exact) mass is 414 g/mol. The lowest BCUT2D eigenvalue weighted by Crippen LogP contribution is -2.09. The maximum atomic E-state index is 11.9. The van der Waals surface area contributed by atoms with Crippen LogP contribution in [0.4, 0.5) is 11.4 Å². The van der Waals surface area contributed by atoms with Gasteiger partial charge in [0.1, 0.15) is 10.6 Å². The molecule has 3 aromatic rings. The number of hydrogen-bond acceptors (Lipinski definition) is 6. The molecule has 0 bridgehead atoms. The zero-order valence-electron chi connectivity index (χ0n) is 16.4. The fourth-order valence-electron chi connectivity index (χ4n) is 3.24. The topological polar surface area (TPSA) is 107 Å². The van der Waals surface area contributed by atoms with E-state index in [2.05, 4.69) is 10.4 Å². The van der Waals surface area contributed by atoms with E-state index in [1.807, 2.05) is 48.9 Å². The van der Waals surface area contributed by atoms with Crippen molar-refractivity contribution in [2.75, 3.05) is 11.6 Å². The highest BCUT2D eigenvalue weighted by molar-refractivity contribution is 7.90. The van der Waals surface area contributed by atoms with Gasteiger partial charge in [0, 0.05) is 24.1 Å². The van der Waals surface area contributed by atoms with Crippen LogP contribution in [-0.2, 0) is 22.9 Å². The second-order valence-electron chi connectivity index (χ2n) is 6.83. The van der Waals surface area contributed by atoms with Crippen LogP contribution in [0, 0.1) is 24.0 Å². The summed E-state index contributed by atoms with van der Waals surface area (Å²) in [5.41, 5.74) is 3.51. The molecule has 0 unspecified atom stereocenters. The number of rotatable bonds is 7. The fraction of sp³-hybridized carbons (Fsp3) is 0.250. The minimum Gasteiger partial charge on any atom is -0.375 e. The van der Waals surface area contributed by atoms with Crippen molar-refractivity contribution in [3.05, 3.63) is 81.2 Å². The maximum Gasteiger partial charge on any atom is 0.310 e. The fourth-order valence-corrected chi connectivity index (χ4v) is 4.10. The van der Waals surface area contributed by atoms with Crippen LogP contribution in [0.2, 0.25) is 0 Å². The lowest BCUT2D eigenvalue weighted by atomic mass is 10.1. The molecule has 9 heteroatoms. The summed E-state index contributed by atoms with van der Waals surface area (Å²) >= 11 is 0. The van der Waals surface area contributed by atoms with Crippen molar-refractivity contribution in [2.45, 2.75) is 31.8 Å². The Balaban J connectivity index is 1.89. The second kappa shape index (κ2) is 8.04. The van der Waals surface area contributed by atoms with Crippen LogP contribution in [0.15, 0.2) is 53.4 Å². The van der Waals surface area contributed by atoms with E-state index in [0.717, 1.165) is 28.8 Å². The normalized spacial score (nSPS) is 11.4. The first kappa shape index (κ1) is 20.5. The van der Waals surface area contributed by atoms with E-state index in [4.69, 9.17) is 0 Å². The van der Waals surface area contributed by atoms with Gasteiger partial charge in [0.05, 0.1) is 17.2 Å². The quantitative estimate of drug-likeness (QED) is 0.469. The van der Waals surface area contributed by atoms with Gasteiger partial charge in [-0.25, -0.2) is 8.42 Å². The molecule has 0 amide bonds. The Bertz CT molecular complexity index is 1150. The molecule has 0 spiro atoms. The number of hydrogen-bond donors (Lipinski definition) is 1. The van der Waals surface area contributed by atoms with Crippen molar-refractivity contribution >= 4 is 21.2 Å². The van der Waals surface area contributed by atoms with Gasteiger partial charge in [-0.15, -0.1) is 0 Å². The molecule has 2 aromatic carbocycles. The van der Waals surface area contributed by atoms with Gasteiger partial charge in [0.2, 0.25) is 0 Å². The molecule has 152 valence electrons. The Kier molecular flexibility index (Phi) is 5.69. The molecule has 0 saturated carbocycles. The zero-order chi connectivity index (χ0) is 21.2. The van der Waals surface area contributed by atoms with Gasteiger partial charge >= 0.3 is 5.69 Å². The number of sulfone groups is 1. The van der Waals surface area contributed by atoms with Gasteiger partial charge in [-0.3, -0.25) is 14.8 Å². The van der Waals surface area contributed by atoms with Crippen LogP contribution in [-0.4, -0.2) is 29.4 Å². The van der Waals surface area contributed by atoms with Crippen molar-refractivity contribution in [1.82, 2.24) is 9.78 Å². The molecule has 1 N–H and O–H groups in total. The summed E-state index contributed by atoms with van der Waals surface area (Å²) in [6, 6.07) is 14.2. The summed E-state index contributed by atoms with van der Waals surface area (Å²) < 4.78 is 25.7. The predicted molar refractivity (Wildman–Crippen MR) is 111 cm³/mol. The van der Waals surface area contributed by atoms with E-state index in [-0.39, 0.29) is 10.6 Å². The van der Waals surface area contributed by atoms with Crippen LogP contribution in [0.3, 0.4) is 0 Å². The van der Waals surface area contributed by atoms with Crippen molar-refractivity contribution in [2.24, 2.45) is 0 Å². The highest BCUT2D eigenvalue weighted by Gasteiger charge is 2.26. The summed E-state index contributed by atoms with van der Waals surface area (Å²) in [5.74, 6) is 0. The molecule has 8 nitrogen and oxygen atoms in total. The number of benzene rings is 2. The Morgan fingerprint density at radius 3 is 2.41 bits per heavy atom. The molecular weight excluding hydrogens is 392 g/mol. The average Bonchev–Trinajstić information content (AvgIpc) is 2.92.